The van der Waals surface area contributed by atoms with Crippen molar-refractivity contribution in [2.45, 2.75) is 18.9 Å². The zero-order valence-corrected chi connectivity index (χ0v) is 18.6. The molecule has 1 saturated heterocycles. The van der Waals surface area contributed by atoms with E-state index in [9.17, 15) is 4.79 Å². The summed E-state index contributed by atoms with van der Waals surface area (Å²) in [5.41, 5.74) is 1.87. The molecule has 1 aliphatic heterocycles. The fourth-order valence-corrected chi connectivity index (χ4v) is 4.33. The molecule has 156 valence electrons. The minimum absolute atomic E-state index is 0.178. The fraction of sp³-hybridized carbons (Fsp3) is 0.261. The van der Waals surface area contributed by atoms with Crippen LogP contribution in [0.15, 0.2) is 46.2 Å². The second-order valence-electron chi connectivity index (χ2n) is 7.73. The number of aromatic nitrogens is 4. The van der Waals surface area contributed by atoms with Gasteiger partial charge in [-0.15, -0.1) is 0 Å². The Kier molecular flexibility index (Phi) is 5.22. The Hall–Kier alpha value is -3.15. The van der Waals surface area contributed by atoms with Crippen LogP contribution in [0.4, 0.5) is 5.82 Å². The van der Waals surface area contributed by atoms with E-state index in [1.165, 1.54) is 0 Å². The number of benzene rings is 1. The molecule has 4 heterocycles. The second-order valence-corrected chi connectivity index (χ2v) is 8.65. The van der Waals surface area contributed by atoms with Gasteiger partial charge in [-0.25, -0.2) is 9.97 Å². The lowest BCUT2D eigenvalue weighted by Crippen LogP contribution is -2.38. The normalized spacial score (nSPS) is 16.3. The van der Waals surface area contributed by atoms with E-state index in [0.29, 0.717) is 16.5 Å². The quantitative estimate of drug-likeness (QED) is 0.305. The number of aromatic amines is 1. The minimum atomic E-state index is -0.178. The molecule has 8 heteroatoms. The monoisotopic (exact) mass is 476 g/mol. The molecule has 1 aliphatic rings. The SMILES string of the molecule is Cn1cncc1C#Cc1c[nH]c(=O)c2c1nc(N[C@H]1CCCNC1)c1ccc(Br)cc12. The first-order chi connectivity index (χ1) is 15.1. The maximum atomic E-state index is 12.8. The van der Waals surface area contributed by atoms with Gasteiger partial charge < -0.3 is 20.2 Å². The largest absolute Gasteiger partial charge is 0.366 e. The van der Waals surface area contributed by atoms with E-state index in [1.807, 2.05) is 29.8 Å². The van der Waals surface area contributed by atoms with E-state index in [2.05, 4.69) is 48.4 Å². The van der Waals surface area contributed by atoms with Gasteiger partial charge in [-0.2, -0.15) is 0 Å². The third-order valence-electron chi connectivity index (χ3n) is 5.58. The van der Waals surface area contributed by atoms with Crippen LogP contribution in [0.1, 0.15) is 24.1 Å². The van der Waals surface area contributed by atoms with Crippen molar-refractivity contribution in [2.75, 3.05) is 18.4 Å². The Morgan fingerprint density at radius 1 is 1.29 bits per heavy atom. The Balaban J connectivity index is 1.74. The number of imidazole rings is 1. The molecule has 5 rings (SSSR count). The van der Waals surface area contributed by atoms with Gasteiger partial charge in [0.1, 0.15) is 11.5 Å². The van der Waals surface area contributed by atoms with Crippen LogP contribution < -0.4 is 16.2 Å². The Morgan fingerprint density at radius 2 is 2.19 bits per heavy atom. The maximum absolute atomic E-state index is 12.8. The van der Waals surface area contributed by atoms with Crippen LogP contribution >= 0.6 is 15.9 Å². The summed E-state index contributed by atoms with van der Waals surface area (Å²) >= 11 is 3.55. The number of pyridine rings is 2. The van der Waals surface area contributed by atoms with Gasteiger partial charge in [0.15, 0.2) is 0 Å². The molecular formula is C23H21BrN6O. The molecule has 3 aromatic heterocycles. The zero-order valence-electron chi connectivity index (χ0n) is 17.0. The van der Waals surface area contributed by atoms with Gasteiger partial charge >= 0.3 is 0 Å². The van der Waals surface area contributed by atoms with Crippen molar-refractivity contribution < 1.29 is 0 Å². The van der Waals surface area contributed by atoms with Crippen molar-refractivity contribution in [3.05, 3.63) is 63.0 Å². The number of anilines is 1. The highest BCUT2D eigenvalue weighted by Crippen LogP contribution is 2.31. The molecule has 0 amide bonds. The lowest BCUT2D eigenvalue weighted by atomic mass is 10.0. The van der Waals surface area contributed by atoms with Crippen LogP contribution in [0.5, 0.6) is 0 Å². The fourth-order valence-electron chi connectivity index (χ4n) is 3.97. The molecular weight excluding hydrogens is 456 g/mol. The molecule has 7 nitrogen and oxygen atoms in total. The molecule has 1 fully saturated rings. The summed E-state index contributed by atoms with van der Waals surface area (Å²) < 4.78 is 2.76. The number of halogens is 1. The van der Waals surface area contributed by atoms with Gasteiger partial charge in [0.25, 0.3) is 5.56 Å². The number of nitrogens with one attached hydrogen (secondary N) is 3. The topological polar surface area (TPSA) is 87.6 Å². The van der Waals surface area contributed by atoms with Crippen molar-refractivity contribution >= 4 is 43.4 Å². The van der Waals surface area contributed by atoms with Crippen molar-refractivity contribution in [1.82, 2.24) is 24.8 Å². The number of H-pyrrole nitrogens is 1. The van der Waals surface area contributed by atoms with Gasteiger partial charge in [-0.1, -0.05) is 21.9 Å². The van der Waals surface area contributed by atoms with E-state index < -0.39 is 0 Å². The summed E-state index contributed by atoms with van der Waals surface area (Å²) in [5, 5.41) is 9.33. The molecule has 0 saturated carbocycles. The third kappa shape index (κ3) is 3.82. The summed E-state index contributed by atoms with van der Waals surface area (Å²) in [6, 6.07) is 6.23. The molecule has 0 unspecified atom stereocenters. The summed E-state index contributed by atoms with van der Waals surface area (Å²) in [6.07, 6.45) is 7.25. The molecule has 0 spiro atoms. The maximum Gasteiger partial charge on any atom is 0.258 e. The summed E-state index contributed by atoms with van der Waals surface area (Å²) in [7, 11) is 1.89. The van der Waals surface area contributed by atoms with Crippen LogP contribution in [0.2, 0.25) is 0 Å². The van der Waals surface area contributed by atoms with Gasteiger partial charge in [0.2, 0.25) is 0 Å². The predicted octanol–water partition coefficient (Wildman–Crippen LogP) is 3.14. The van der Waals surface area contributed by atoms with Gasteiger partial charge in [-0.3, -0.25) is 4.79 Å². The van der Waals surface area contributed by atoms with Gasteiger partial charge in [-0.05, 0) is 43.5 Å². The van der Waals surface area contributed by atoms with Crippen LogP contribution in [0.3, 0.4) is 0 Å². The molecule has 4 aromatic rings. The average molecular weight is 477 g/mol. The number of nitrogens with zero attached hydrogens (tertiary/aromatic N) is 3. The highest BCUT2D eigenvalue weighted by atomic mass is 79.9. The van der Waals surface area contributed by atoms with Gasteiger partial charge in [0.05, 0.1) is 29.0 Å². The standard InChI is InChI=1S/C23H21BrN6O/c1-30-13-26-12-17(30)6-4-14-10-27-23(31)20-19-9-15(24)5-7-18(19)22(29-21(14)20)28-16-3-2-8-25-11-16/h5,7,9-10,12-13,16,25H,2-3,8,11H2,1H3,(H,27,31)(H,28,29)/t16-/m0/s1. The summed E-state index contributed by atoms with van der Waals surface area (Å²) in [4.78, 5) is 24.7. The lowest BCUT2D eigenvalue weighted by molar-refractivity contribution is 0.479. The van der Waals surface area contributed by atoms with E-state index in [1.54, 1.807) is 18.7 Å². The predicted molar refractivity (Wildman–Crippen MR) is 126 cm³/mol. The molecule has 1 aromatic carbocycles. The Labute approximate surface area is 187 Å². The highest BCUT2D eigenvalue weighted by molar-refractivity contribution is 9.10. The minimum Gasteiger partial charge on any atom is -0.366 e. The third-order valence-corrected chi connectivity index (χ3v) is 6.07. The number of hydrogen-bond donors (Lipinski definition) is 3. The van der Waals surface area contributed by atoms with Gasteiger partial charge in [0, 0.05) is 41.1 Å². The number of piperidine rings is 1. The molecule has 0 bridgehead atoms. The molecule has 0 radical (unpaired) electrons. The second kappa shape index (κ2) is 8.17. The van der Waals surface area contributed by atoms with Crippen LogP contribution in [0, 0.1) is 11.8 Å². The number of hydrogen-bond acceptors (Lipinski definition) is 5. The molecule has 0 aliphatic carbocycles. The van der Waals surface area contributed by atoms with E-state index in [0.717, 1.165) is 52.7 Å². The number of rotatable bonds is 2. The Bertz CT molecular complexity index is 1400. The lowest BCUT2D eigenvalue weighted by Gasteiger charge is -2.25. The Morgan fingerprint density at radius 3 is 2.97 bits per heavy atom. The van der Waals surface area contributed by atoms with Crippen molar-refractivity contribution in [2.24, 2.45) is 7.05 Å². The van der Waals surface area contributed by atoms with Crippen molar-refractivity contribution in [1.29, 1.82) is 0 Å². The van der Waals surface area contributed by atoms with E-state index in [4.69, 9.17) is 4.98 Å². The highest BCUT2D eigenvalue weighted by Gasteiger charge is 2.18. The first kappa shape index (κ1) is 19.8. The summed E-state index contributed by atoms with van der Waals surface area (Å²) in [6.45, 7) is 1.93. The van der Waals surface area contributed by atoms with Crippen molar-refractivity contribution in [3.8, 4) is 11.8 Å². The molecule has 1 atom stereocenters. The zero-order chi connectivity index (χ0) is 21.4. The molecule has 31 heavy (non-hydrogen) atoms. The van der Waals surface area contributed by atoms with Crippen LogP contribution in [-0.4, -0.2) is 38.7 Å². The molecule has 3 N–H and O–H groups in total. The number of fused-ring (bicyclic) bond motifs is 3. The number of aryl methyl sites for hydroxylation is 1. The van der Waals surface area contributed by atoms with Crippen LogP contribution in [-0.2, 0) is 7.05 Å². The summed E-state index contributed by atoms with van der Waals surface area (Å²) in [5.74, 6) is 7.08. The average Bonchev–Trinajstić information content (AvgIpc) is 3.18. The first-order valence-corrected chi connectivity index (χ1v) is 11.0. The van der Waals surface area contributed by atoms with E-state index in [-0.39, 0.29) is 11.6 Å². The first-order valence-electron chi connectivity index (χ1n) is 10.2. The van der Waals surface area contributed by atoms with Crippen molar-refractivity contribution in [3.63, 3.8) is 0 Å². The van der Waals surface area contributed by atoms with Crippen LogP contribution in [0.25, 0.3) is 21.7 Å². The smallest absolute Gasteiger partial charge is 0.258 e. The van der Waals surface area contributed by atoms with E-state index >= 15 is 0 Å².